The molecule has 5 nitrogen and oxygen atoms in total. The minimum Gasteiger partial charge on any atom is -0.382 e. The molecule has 2 rings (SSSR count). The standard InChI is InChI=1S/C8H15N5/c1-11-4-6-12(7-5-11)13-8(9)2-3-10-13/h2-3H,4-7,9H2,1H3. The van der Waals surface area contributed by atoms with Gasteiger partial charge < -0.3 is 10.6 Å². The Bertz CT molecular complexity index is 274. The summed E-state index contributed by atoms with van der Waals surface area (Å²) in [6.45, 7) is 4.11. The highest BCUT2D eigenvalue weighted by Crippen LogP contribution is 2.04. The number of nitrogens with two attached hydrogens (primary N) is 1. The van der Waals surface area contributed by atoms with Crippen LogP contribution in [-0.4, -0.2) is 48.0 Å². The highest BCUT2D eigenvalue weighted by molar-refractivity contribution is 5.27. The Balaban J connectivity index is 2.06. The SMILES string of the molecule is CN1CCN(n2nccc2N)CC1. The van der Waals surface area contributed by atoms with Gasteiger partial charge in [0, 0.05) is 32.2 Å². The van der Waals surface area contributed by atoms with Gasteiger partial charge in [-0.1, -0.05) is 0 Å². The van der Waals surface area contributed by atoms with E-state index in [-0.39, 0.29) is 0 Å². The van der Waals surface area contributed by atoms with E-state index >= 15 is 0 Å². The van der Waals surface area contributed by atoms with Gasteiger partial charge in [0.2, 0.25) is 0 Å². The fraction of sp³-hybridized carbons (Fsp3) is 0.625. The molecule has 2 N–H and O–H groups in total. The number of rotatable bonds is 1. The number of hydrogen-bond acceptors (Lipinski definition) is 4. The van der Waals surface area contributed by atoms with Crippen molar-refractivity contribution in [3.8, 4) is 0 Å². The number of anilines is 1. The average Bonchev–Trinajstić information content (AvgIpc) is 2.53. The number of aromatic nitrogens is 2. The molecule has 2 heterocycles. The zero-order valence-corrected chi connectivity index (χ0v) is 7.85. The lowest BCUT2D eigenvalue weighted by Crippen LogP contribution is -2.50. The first-order chi connectivity index (χ1) is 6.27. The van der Waals surface area contributed by atoms with Gasteiger partial charge in [0.05, 0.1) is 6.20 Å². The molecule has 1 fully saturated rings. The Labute approximate surface area is 77.7 Å². The summed E-state index contributed by atoms with van der Waals surface area (Å²) >= 11 is 0. The van der Waals surface area contributed by atoms with Crippen molar-refractivity contribution in [1.82, 2.24) is 14.8 Å². The Hall–Kier alpha value is -1.23. The second-order valence-electron chi connectivity index (χ2n) is 3.40. The highest BCUT2D eigenvalue weighted by atomic mass is 15.7. The van der Waals surface area contributed by atoms with Crippen molar-refractivity contribution in [3.05, 3.63) is 12.3 Å². The van der Waals surface area contributed by atoms with Crippen LogP contribution in [-0.2, 0) is 0 Å². The van der Waals surface area contributed by atoms with Gasteiger partial charge in [0.1, 0.15) is 5.82 Å². The lowest BCUT2D eigenvalue weighted by molar-refractivity contribution is 0.282. The van der Waals surface area contributed by atoms with E-state index in [2.05, 4.69) is 22.1 Å². The van der Waals surface area contributed by atoms with Crippen molar-refractivity contribution < 1.29 is 0 Å². The summed E-state index contributed by atoms with van der Waals surface area (Å²) in [5.74, 6) is 0.713. The van der Waals surface area contributed by atoms with Crippen molar-refractivity contribution >= 4 is 5.82 Å². The van der Waals surface area contributed by atoms with E-state index in [9.17, 15) is 0 Å². The molecule has 72 valence electrons. The van der Waals surface area contributed by atoms with Crippen LogP contribution in [0, 0.1) is 0 Å². The van der Waals surface area contributed by atoms with E-state index in [1.165, 1.54) is 0 Å². The van der Waals surface area contributed by atoms with Crippen LogP contribution in [0.2, 0.25) is 0 Å². The van der Waals surface area contributed by atoms with Crippen LogP contribution in [0.1, 0.15) is 0 Å². The zero-order valence-electron chi connectivity index (χ0n) is 7.85. The topological polar surface area (TPSA) is 50.3 Å². The van der Waals surface area contributed by atoms with E-state index in [4.69, 9.17) is 5.73 Å². The molecule has 0 aliphatic carbocycles. The van der Waals surface area contributed by atoms with E-state index in [0.717, 1.165) is 26.2 Å². The van der Waals surface area contributed by atoms with Crippen molar-refractivity contribution in [3.63, 3.8) is 0 Å². The molecule has 13 heavy (non-hydrogen) atoms. The van der Waals surface area contributed by atoms with Crippen LogP contribution in [0.15, 0.2) is 12.3 Å². The molecule has 0 bridgehead atoms. The molecule has 5 heteroatoms. The van der Waals surface area contributed by atoms with Crippen LogP contribution in [0.4, 0.5) is 5.82 Å². The average molecular weight is 181 g/mol. The largest absolute Gasteiger partial charge is 0.382 e. The molecule has 0 radical (unpaired) electrons. The van der Waals surface area contributed by atoms with Gasteiger partial charge in [0.15, 0.2) is 0 Å². The maximum atomic E-state index is 5.75. The van der Waals surface area contributed by atoms with Crippen LogP contribution in [0.3, 0.4) is 0 Å². The molecule has 0 spiro atoms. The summed E-state index contributed by atoms with van der Waals surface area (Å²) in [6.07, 6.45) is 1.73. The third-order valence-corrected chi connectivity index (χ3v) is 2.40. The fourth-order valence-corrected chi connectivity index (χ4v) is 1.53. The smallest absolute Gasteiger partial charge is 0.145 e. The number of likely N-dealkylation sites (N-methyl/N-ethyl adjacent to an activating group) is 1. The van der Waals surface area contributed by atoms with Crippen LogP contribution >= 0.6 is 0 Å². The molecule has 0 amide bonds. The van der Waals surface area contributed by atoms with Gasteiger partial charge in [-0.3, -0.25) is 5.01 Å². The number of hydrogen-bond donors (Lipinski definition) is 1. The molecule has 0 unspecified atom stereocenters. The third-order valence-electron chi connectivity index (χ3n) is 2.40. The van der Waals surface area contributed by atoms with Gasteiger partial charge >= 0.3 is 0 Å². The molecular weight excluding hydrogens is 166 g/mol. The van der Waals surface area contributed by atoms with Gasteiger partial charge in [-0.05, 0) is 7.05 Å². The molecule has 0 atom stereocenters. The summed E-state index contributed by atoms with van der Waals surface area (Å²) in [5.41, 5.74) is 5.75. The van der Waals surface area contributed by atoms with Crippen LogP contribution < -0.4 is 10.7 Å². The molecule has 1 saturated heterocycles. The summed E-state index contributed by atoms with van der Waals surface area (Å²) in [5, 5.41) is 6.33. The van der Waals surface area contributed by atoms with E-state index in [1.54, 1.807) is 11.0 Å². The fourth-order valence-electron chi connectivity index (χ4n) is 1.53. The summed E-state index contributed by atoms with van der Waals surface area (Å²) < 4.78 is 0. The van der Waals surface area contributed by atoms with Gasteiger partial charge in [0.25, 0.3) is 0 Å². The monoisotopic (exact) mass is 181 g/mol. The maximum absolute atomic E-state index is 5.75. The van der Waals surface area contributed by atoms with E-state index < -0.39 is 0 Å². The molecule has 0 aromatic carbocycles. The molecular formula is C8H15N5. The van der Waals surface area contributed by atoms with Crippen LogP contribution in [0.25, 0.3) is 0 Å². The van der Waals surface area contributed by atoms with Gasteiger partial charge in [-0.2, -0.15) is 9.89 Å². The van der Waals surface area contributed by atoms with Crippen molar-refractivity contribution in [2.45, 2.75) is 0 Å². The first kappa shape index (κ1) is 8.37. The van der Waals surface area contributed by atoms with Crippen molar-refractivity contribution in [1.29, 1.82) is 0 Å². The first-order valence-corrected chi connectivity index (χ1v) is 4.50. The Morgan fingerprint density at radius 2 is 2.00 bits per heavy atom. The van der Waals surface area contributed by atoms with Crippen molar-refractivity contribution in [2.24, 2.45) is 0 Å². The predicted octanol–water partition coefficient (Wildman–Crippen LogP) is -0.651. The quantitative estimate of drug-likeness (QED) is 0.625. The summed E-state index contributed by atoms with van der Waals surface area (Å²) in [7, 11) is 2.13. The molecule has 0 saturated carbocycles. The number of nitrogens with zero attached hydrogens (tertiary/aromatic N) is 4. The number of nitrogen functional groups attached to an aromatic ring is 1. The van der Waals surface area contributed by atoms with E-state index in [1.807, 2.05) is 6.07 Å². The molecule has 1 aliphatic heterocycles. The zero-order chi connectivity index (χ0) is 9.26. The minimum atomic E-state index is 0.713. The second kappa shape index (κ2) is 3.26. The normalized spacial score (nSPS) is 19.3. The van der Waals surface area contributed by atoms with Gasteiger partial charge in [-0.15, -0.1) is 0 Å². The Kier molecular flexibility index (Phi) is 2.10. The van der Waals surface area contributed by atoms with Crippen molar-refractivity contribution in [2.75, 3.05) is 44.0 Å². The lowest BCUT2D eigenvalue weighted by Gasteiger charge is -2.33. The lowest BCUT2D eigenvalue weighted by atomic mass is 10.4. The molecule has 1 aromatic heterocycles. The number of piperazine rings is 1. The first-order valence-electron chi connectivity index (χ1n) is 4.50. The second-order valence-corrected chi connectivity index (χ2v) is 3.40. The minimum absolute atomic E-state index is 0.713. The third kappa shape index (κ3) is 1.60. The molecule has 1 aliphatic rings. The van der Waals surface area contributed by atoms with Gasteiger partial charge in [-0.25, -0.2) is 0 Å². The summed E-state index contributed by atoms with van der Waals surface area (Å²) in [4.78, 5) is 4.09. The Morgan fingerprint density at radius 1 is 1.31 bits per heavy atom. The Morgan fingerprint density at radius 3 is 2.54 bits per heavy atom. The van der Waals surface area contributed by atoms with E-state index in [0.29, 0.717) is 5.82 Å². The maximum Gasteiger partial charge on any atom is 0.145 e. The highest BCUT2D eigenvalue weighted by Gasteiger charge is 2.15. The van der Waals surface area contributed by atoms with Crippen LogP contribution in [0.5, 0.6) is 0 Å². The molecule has 1 aromatic rings. The predicted molar refractivity (Wildman–Crippen MR) is 52.1 cm³/mol. The summed E-state index contributed by atoms with van der Waals surface area (Å²) in [6, 6.07) is 1.82.